The predicted molar refractivity (Wildman–Crippen MR) is 88.2 cm³/mol. The van der Waals surface area contributed by atoms with Crippen LogP contribution in [-0.2, 0) is 10.2 Å². The summed E-state index contributed by atoms with van der Waals surface area (Å²) in [6.07, 6.45) is -3.75. The van der Waals surface area contributed by atoms with Gasteiger partial charge in [-0.05, 0) is 30.5 Å². The molecule has 4 nitrogen and oxygen atoms in total. The number of benzene rings is 1. The van der Waals surface area contributed by atoms with Crippen LogP contribution in [0.4, 0.5) is 17.6 Å². The standard InChI is InChI=1S/C17H23F4N3O/c1-22-15(23-8-5-17(19,20)21)24-12-16(6-9-25-10-7-16)13-3-2-4-14(18)11-13/h2-4,11H,5-10,12H2,1H3,(H2,22,23,24). The van der Waals surface area contributed by atoms with Crippen LogP contribution in [0.1, 0.15) is 24.8 Å². The summed E-state index contributed by atoms with van der Waals surface area (Å²) in [5, 5.41) is 5.74. The van der Waals surface area contributed by atoms with E-state index in [2.05, 4.69) is 15.6 Å². The first-order valence-corrected chi connectivity index (χ1v) is 8.20. The maximum atomic E-state index is 13.6. The van der Waals surface area contributed by atoms with E-state index < -0.39 is 12.6 Å². The van der Waals surface area contributed by atoms with E-state index in [0.29, 0.717) is 38.6 Å². The van der Waals surface area contributed by atoms with Gasteiger partial charge >= 0.3 is 6.18 Å². The fourth-order valence-corrected chi connectivity index (χ4v) is 2.94. The molecule has 1 fully saturated rings. The fraction of sp³-hybridized carbons (Fsp3) is 0.588. The number of alkyl halides is 3. The van der Waals surface area contributed by atoms with Gasteiger partial charge in [-0.1, -0.05) is 12.1 Å². The smallest absolute Gasteiger partial charge is 0.381 e. The van der Waals surface area contributed by atoms with Crippen molar-refractivity contribution in [2.75, 3.05) is 33.4 Å². The SMILES string of the molecule is CN=C(NCCC(F)(F)F)NCC1(c2cccc(F)c2)CCOCC1. The Labute approximate surface area is 144 Å². The summed E-state index contributed by atoms with van der Waals surface area (Å²) in [7, 11) is 1.50. The van der Waals surface area contributed by atoms with Crippen molar-refractivity contribution in [1.29, 1.82) is 0 Å². The van der Waals surface area contributed by atoms with Crippen LogP contribution in [0, 0.1) is 5.82 Å². The number of guanidine groups is 1. The molecule has 8 heteroatoms. The molecule has 140 valence electrons. The Kier molecular flexibility index (Phi) is 6.64. The summed E-state index contributed by atoms with van der Waals surface area (Å²) >= 11 is 0. The van der Waals surface area contributed by atoms with Gasteiger partial charge in [-0.15, -0.1) is 0 Å². The second kappa shape index (κ2) is 8.51. The number of nitrogens with one attached hydrogen (secondary N) is 2. The van der Waals surface area contributed by atoms with Crippen LogP contribution in [0.5, 0.6) is 0 Å². The lowest BCUT2D eigenvalue weighted by atomic mass is 9.74. The average molecular weight is 361 g/mol. The van der Waals surface area contributed by atoms with E-state index in [1.807, 2.05) is 6.07 Å². The van der Waals surface area contributed by atoms with Gasteiger partial charge in [0, 0.05) is 38.8 Å². The molecule has 2 rings (SSSR count). The third-order valence-corrected chi connectivity index (χ3v) is 4.41. The van der Waals surface area contributed by atoms with Crippen LogP contribution in [0.25, 0.3) is 0 Å². The molecule has 0 spiro atoms. The Morgan fingerprint density at radius 2 is 1.96 bits per heavy atom. The molecular formula is C17H23F4N3O. The minimum atomic E-state index is -4.21. The molecule has 2 N–H and O–H groups in total. The first-order valence-electron chi connectivity index (χ1n) is 8.20. The number of nitrogens with zero attached hydrogens (tertiary/aromatic N) is 1. The minimum absolute atomic E-state index is 0.251. The number of hydrogen-bond donors (Lipinski definition) is 2. The van der Waals surface area contributed by atoms with Crippen molar-refractivity contribution in [1.82, 2.24) is 10.6 Å². The molecule has 1 aliphatic rings. The van der Waals surface area contributed by atoms with E-state index >= 15 is 0 Å². The molecule has 0 atom stereocenters. The zero-order valence-electron chi connectivity index (χ0n) is 14.1. The van der Waals surface area contributed by atoms with Crippen molar-refractivity contribution >= 4 is 5.96 Å². The molecule has 1 aliphatic heterocycles. The zero-order valence-corrected chi connectivity index (χ0v) is 14.1. The third-order valence-electron chi connectivity index (χ3n) is 4.41. The maximum Gasteiger partial charge on any atom is 0.390 e. The lowest BCUT2D eigenvalue weighted by molar-refractivity contribution is -0.132. The van der Waals surface area contributed by atoms with Gasteiger partial charge in [0.25, 0.3) is 0 Å². The Morgan fingerprint density at radius 3 is 2.56 bits per heavy atom. The number of rotatable bonds is 5. The van der Waals surface area contributed by atoms with Gasteiger partial charge in [0.2, 0.25) is 0 Å². The summed E-state index contributed by atoms with van der Waals surface area (Å²) < 4.78 is 55.8. The van der Waals surface area contributed by atoms with Crippen molar-refractivity contribution in [3.63, 3.8) is 0 Å². The summed E-state index contributed by atoms with van der Waals surface area (Å²) in [5.74, 6) is -0.0115. The molecule has 0 bridgehead atoms. The third kappa shape index (κ3) is 5.88. The van der Waals surface area contributed by atoms with E-state index in [1.165, 1.54) is 19.2 Å². The van der Waals surface area contributed by atoms with Gasteiger partial charge in [0.05, 0.1) is 6.42 Å². The molecule has 1 aromatic rings. The van der Waals surface area contributed by atoms with Crippen LogP contribution in [0.2, 0.25) is 0 Å². The van der Waals surface area contributed by atoms with E-state index in [1.54, 1.807) is 6.07 Å². The van der Waals surface area contributed by atoms with Crippen LogP contribution in [0.3, 0.4) is 0 Å². The quantitative estimate of drug-likeness (QED) is 0.482. The van der Waals surface area contributed by atoms with E-state index in [9.17, 15) is 17.6 Å². The lowest BCUT2D eigenvalue weighted by Crippen LogP contribution is -2.48. The maximum absolute atomic E-state index is 13.6. The summed E-state index contributed by atoms with van der Waals surface area (Å²) in [6, 6.07) is 6.43. The van der Waals surface area contributed by atoms with E-state index in [4.69, 9.17) is 4.74 Å². The van der Waals surface area contributed by atoms with E-state index in [-0.39, 0.29) is 17.8 Å². The summed E-state index contributed by atoms with van der Waals surface area (Å²) in [5.41, 5.74) is 0.510. The highest BCUT2D eigenvalue weighted by atomic mass is 19.4. The predicted octanol–water partition coefficient (Wildman–Crippen LogP) is 2.99. The summed E-state index contributed by atoms with van der Waals surface area (Å²) in [6.45, 7) is 1.29. The van der Waals surface area contributed by atoms with Crippen molar-refractivity contribution in [2.45, 2.75) is 30.9 Å². The highest BCUT2D eigenvalue weighted by molar-refractivity contribution is 5.79. The zero-order chi connectivity index (χ0) is 18.3. The molecule has 0 unspecified atom stereocenters. The molecule has 0 radical (unpaired) electrons. The number of ether oxygens (including phenoxy) is 1. The highest BCUT2D eigenvalue weighted by Gasteiger charge is 2.35. The molecule has 0 aliphatic carbocycles. The van der Waals surface area contributed by atoms with Crippen LogP contribution >= 0.6 is 0 Å². The van der Waals surface area contributed by atoms with Gasteiger partial charge in [-0.3, -0.25) is 4.99 Å². The fourth-order valence-electron chi connectivity index (χ4n) is 2.94. The second-order valence-corrected chi connectivity index (χ2v) is 6.12. The topological polar surface area (TPSA) is 45.7 Å². The molecule has 1 heterocycles. The molecule has 1 aromatic carbocycles. The Hall–Kier alpha value is -1.83. The molecule has 0 amide bonds. The lowest BCUT2D eigenvalue weighted by Gasteiger charge is -2.38. The monoisotopic (exact) mass is 361 g/mol. The van der Waals surface area contributed by atoms with Gasteiger partial charge in [-0.25, -0.2) is 4.39 Å². The van der Waals surface area contributed by atoms with Crippen molar-refractivity contribution in [2.24, 2.45) is 4.99 Å². The van der Waals surface area contributed by atoms with Gasteiger partial charge < -0.3 is 15.4 Å². The Morgan fingerprint density at radius 1 is 1.24 bits per heavy atom. The number of hydrogen-bond acceptors (Lipinski definition) is 2. The minimum Gasteiger partial charge on any atom is -0.381 e. The molecule has 25 heavy (non-hydrogen) atoms. The molecule has 0 saturated carbocycles. The Balaban J connectivity index is 2.02. The van der Waals surface area contributed by atoms with Gasteiger partial charge in [-0.2, -0.15) is 13.2 Å². The normalized spacial score (nSPS) is 18.0. The largest absolute Gasteiger partial charge is 0.390 e. The van der Waals surface area contributed by atoms with Crippen LogP contribution in [0.15, 0.2) is 29.3 Å². The van der Waals surface area contributed by atoms with E-state index in [0.717, 1.165) is 5.56 Å². The molecular weight excluding hydrogens is 338 g/mol. The van der Waals surface area contributed by atoms with Crippen molar-refractivity contribution in [3.8, 4) is 0 Å². The number of aliphatic imine (C=N–C) groups is 1. The second-order valence-electron chi connectivity index (χ2n) is 6.12. The van der Waals surface area contributed by atoms with Gasteiger partial charge in [0.15, 0.2) is 5.96 Å². The molecule has 1 saturated heterocycles. The first-order chi connectivity index (χ1) is 11.8. The highest BCUT2D eigenvalue weighted by Crippen LogP contribution is 2.34. The Bertz CT molecular complexity index is 584. The first kappa shape index (κ1) is 19.5. The molecule has 0 aromatic heterocycles. The van der Waals surface area contributed by atoms with Crippen LogP contribution in [-0.4, -0.2) is 45.5 Å². The average Bonchev–Trinajstić information content (AvgIpc) is 2.58. The van der Waals surface area contributed by atoms with Crippen molar-refractivity contribution < 1.29 is 22.3 Å². The van der Waals surface area contributed by atoms with Gasteiger partial charge in [0.1, 0.15) is 5.82 Å². The van der Waals surface area contributed by atoms with Crippen LogP contribution < -0.4 is 10.6 Å². The number of halogens is 4. The summed E-state index contributed by atoms with van der Waals surface area (Å²) in [4.78, 5) is 3.96. The van der Waals surface area contributed by atoms with Crippen molar-refractivity contribution in [3.05, 3.63) is 35.6 Å².